The lowest BCUT2D eigenvalue weighted by Gasteiger charge is -2.05. The van der Waals surface area contributed by atoms with E-state index in [1.807, 2.05) is 0 Å². The Kier molecular flexibility index (Phi) is 11.6. The zero-order valence-corrected chi connectivity index (χ0v) is 12.7. The van der Waals surface area contributed by atoms with Crippen LogP contribution in [0.5, 0.6) is 0 Å². The number of unbranched alkanes of at least 4 members (excludes halogenated alkanes) is 9. The summed E-state index contributed by atoms with van der Waals surface area (Å²) in [6, 6.07) is 0. The zero-order chi connectivity index (χ0) is 15.3. The van der Waals surface area contributed by atoms with Crippen molar-refractivity contribution in [3.05, 3.63) is 0 Å². The molecule has 0 atom stereocenters. The highest BCUT2D eigenvalue weighted by molar-refractivity contribution is 7.46. The minimum atomic E-state index is -4.68. The highest BCUT2D eigenvalue weighted by Gasteiger charge is 2.19. The lowest BCUT2D eigenvalue weighted by molar-refractivity contribution is -0.135. The Morgan fingerprint density at radius 1 is 0.900 bits per heavy atom. The van der Waals surface area contributed by atoms with Crippen LogP contribution in [0.1, 0.15) is 70.6 Å². The molecule has 118 valence electrons. The average Bonchev–Trinajstić information content (AvgIpc) is 2.34. The standard InChI is InChI=1S/C13H25O6P/c14-12-10-8-6-4-2-1-3-5-7-9-11-13(15)19-20(16,17)18/h12H,1-11H2,(H2,16,17,18). The van der Waals surface area contributed by atoms with Crippen LogP contribution in [0.3, 0.4) is 0 Å². The normalized spacial score (nSPS) is 11.3. The summed E-state index contributed by atoms with van der Waals surface area (Å²) in [7, 11) is -4.68. The maximum absolute atomic E-state index is 11.0. The summed E-state index contributed by atoms with van der Waals surface area (Å²) in [5, 5.41) is 0. The van der Waals surface area contributed by atoms with Crippen molar-refractivity contribution < 1.29 is 28.5 Å². The van der Waals surface area contributed by atoms with Crippen molar-refractivity contribution in [1.82, 2.24) is 0 Å². The summed E-state index contributed by atoms with van der Waals surface area (Å²) in [5.41, 5.74) is 0. The molecule has 0 aromatic heterocycles. The highest BCUT2D eigenvalue weighted by Crippen LogP contribution is 2.36. The van der Waals surface area contributed by atoms with Gasteiger partial charge in [0.2, 0.25) is 0 Å². The van der Waals surface area contributed by atoms with E-state index in [-0.39, 0.29) is 6.42 Å². The summed E-state index contributed by atoms with van der Waals surface area (Å²) in [4.78, 5) is 37.9. The van der Waals surface area contributed by atoms with Crippen LogP contribution in [0.4, 0.5) is 0 Å². The third-order valence-electron chi connectivity index (χ3n) is 2.92. The predicted molar refractivity (Wildman–Crippen MR) is 75.0 cm³/mol. The van der Waals surface area contributed by atoms with Gasteiger partial charge in [-0.25, -0.2) is 4.57 Å². The number of carbonyl (C=O) groups is 2. The van der Waals surface area contributed by atoms with Crippen molar-refractivity contribution in [3.8, 4) is 0 Å². The minimum Gasteiger partial charge on any atom is -0.371 e. The van der Waals surface area contributed by atoms with E-state index in [9.17, 15) is 14.2 Å². The van der Waals surface area contributed by atoms with Crippen LogP contribution in [0, 0.1) is 0 Å². The largest absolute Gasteiger partial charge is 0.526 e. The van der Waals surface area contributed by atoms with Gasteiger partial charge in [0.15, 0.2) is 0 Å². The Morgan fingerprint density at radius 3 is 1.80 bits per heavy atom. The number of rotatable bonds is 13. The number of hydrogen-bond donors (Lipinski definition) is 2. The third-order valence-corrected chi connectivity index (χ3v) is 3.37. The molecule has 0 aromatic carbocycles. The molecule has 0 radical (unpaired) electrons. The highest BCUT2D eigenvalue weighted by atomic mass is 31.2. The van der Waals surface area contributed by atoms with Crippen molar-refractivity contribution in [2.45, 2.75) is 70.6 Å². The van der Waals surface area contributed by atoms with Crippen LogP contribution in [0.25, 0.3) is 0 Å². The Morgan fingerprint density at radius 2 is 1.35 bits per heavy atom. The molecular weight excluding hydrogens is 283 g/mol. The van der Waals surface area contributed by atoms with Gasteiger partial charge in [-0.05, 0) is 12.8 Å². The third kappa shape index (κ3) is 15.3. The zero-order valence-electron chi connectivity index (χ0n) is 11.8. The van der Waals surface area contributed by atoms with Gasteiger partial charge in [-0.15, -0.1) is 0 Å². The smallest absolute Gasteiger partial charge is 0.371 e. The summed E-state index contributed by atoms with van der Waals surface area (Å²) in [5.74, 6) is -0.839. The molecule has 0 unspecified atom stereocenters. The van der Waals surface area contributed by atoms with Crippen LogP contribution < -0.4 is 0 Å². The van der Waals surface area contributed by atoms with Gasteiger partial charge in [0.25, 0.3) is 0 Å². The first-order valence-electron chi connectivity index (χ1n) is 7.17. The molecule has 6 nitrogen and oxygen atoms in total. The van der Waals surface area contributed by atoms with Crippen LogP contribution in [-0.4, -0.2) is 22.0 Å². The van der Waals surface area contributed by atoms with Gasteiger partial charge < -0.3 is 9.32 Å². The molecule has 20 heavy (non-hydrogen) atoms. The van der Waals surface area contributed by atoms with Crippen molar-refractivity contribution >= 4 is 20.1 Å². The number of carbonyl (C=O) groups excluding carboxylic acids is 2. The molecule has 0 fully saturated rings. The molecule has 0 bridgehead atoms. The van der Waals surface area contributed by atoms with Gasteiger partial charge in [-0.1, -0.05) is 44.9 Å². The molecule has 0 aliphatic carbocycles. The van der Waals surface area contributed by atoms with E-state index in [0.717, 1.165) is 51.2 Å². The molecule has 0 saturated carbocycles. The maximum atomic E-state index is 11.0. The van der Waals surface area contributed by atoms with Crippen molar-refractivity contribution in [3.63, 3.8) is 0 Å². The molecule has 0 aliphatic heterocycles. The van der Waals surface area contributed by atoms with E-state index in [1.54, 1.807) is 0 Å². The lowest BCUT2D eigenvalue weighted by Crippen LogP contribution is -2.01. The molecule has 0 aromatic rings. The molecule has 0 spiro atoms. The van der Waals surface area contributed by atoms with Gasteiger partial charge in [0.1, 0.15) is 6.29 Å². The average molecular weight is 308 g/mol. The van der Waals surface area contributed by atoms with Crippen LogP contribution >= 0.6 is 7.82 Å². The maximum Gasteiger partial charge on any atom is 0.526 e. The quantitative estimate of drug-likeness (QED) is 0.308. The number of aldehydes is 1. The van der Waals surface area contributed by atoms with Gasteiger partial charge >= 0.3 is 13.8 Å². The topological polar surface area (TPSA) is 101 Å². The SMILES string of the molecule is O=CCCCCCCCCCCCC(=O)OP(=O)(O)O. The van der Waals surface area contributed by atoms with Crippen molar-refractivity contribution in [2.75, 3.05) is 0 Å². The fraction of sp³-hybridized carbons (Fsp3) is 0.846. The van der Waals surface area contributed by atoms with Gasteiger partial charge in [0.05, 0.1) is 0 Å². The molecule has 0 rings (SSSR count). The fourth-order valence-electron chi connectivity index (χ4n) is 1.91. The van der Waals surface area contributed by atoms with E-state index in [1.165, 1.54) is 6.42 Å². The van der Waals surface area contributed by atoms with E-state index in [2.05, 4.69) is 4.52 Å². The summed E-state index contributed by atoms with van der Waals surface area (Å²) >= 11 is 0. The first kappa shape index (κ1) is 19.3. The molecular formula is C13H25O6P. The van der Waals surface area contributed by atoms with E-state index >= 15 is 0 Å². The minimum absolute atomic E-state index is 0.0524. The molecule has 2 N–H and O–H groups in total. The number of phosphoric acid groups is 1. The summed E-state index contributed by atoms with van der Waals surface area (Å²) in [6.07, 6.45) is 10.8. The Labute approximate surface area is 120 Å². The van der Waals surface area contributed by atoms with Gasteiger partial charge in [-0.2, -0.15) is 0 Å². The molecule has 0 aliphatic rings. The first-order valence-corrected chi connectivity index (χ1v) is 8.70. The van der Waals surface area contributed by atoms with Crippen molar-refractivity contribution in [2.24, 2.45) is 0 Å². The Bertz CT molecular complexity index is 312. The second-order valence-corrected chi connectivity index (χ2v) is 6.00. The van der Waals surface area contributed by atoms with E-state index in [0.29, 0.717) is 12.8 Å². The summed E-state index contributed by atoms with van der Waals surface area (Å²) < 4.78 is 14.3. The van der Waals surface area contributed by atoms with Gasteiger partial charge in [-0.3, -0.25) is 14.6 Å². The van der Waals surface area contributed by atoms with E-state index < -0.39 is 13.8 Å². The number of hydrogen-bond acceptors (Lipinski definition) is 4. The molecule has 0 saturated heterocycles. The van der Waals surface area contributed by atoms with Gasteiger partial charge in [0, 0.05) is 12.8 Å². The van der Waals surface area contributed by atoms with Crippen LogP contribution in [0.2, 0.25) is 0 Å². The fourth-order valence-corrected chi connectivity index (χ4v) is 2.27. The molecule has 0 amide bonds. The lowest BCUT2D eigenvalue weighted by atomic mass is 10.1. The Hall–Kier alpha value is -0.710. The Balaban J connectivity index is 3.22. The van der Waals surface area contributed by atoms with Crippen molar-refractivity contribution in [1.29, 1.82) is 0 Å². The second-order valence-electron chi connectivity index (χ2n) is 4.84. The number of phosphoric ester groups is 1. The summed E-state index contributed by atoms with van der Waals surface area (Å²) in [6.45, 7) is 0. The van der Waals surface area contributed by atoms with Crippen LogP contribution in [-0.2, 0) is 18.7 Å². The predicted octanol–water partition coefficient (Wildman–Crippen LogP) is 3.11. The monoisotopic (exact) mass is 308 g/mol. The molecule has 0 heterocycles. The van der Waals surface area contributed by atoms with E-state index in [4.69, 9.17) is 9.79 Å². The molecule has 7 heteroatoms. The second kappa shape index (κ2) is 12.1. The van der Waals surface area contributed by atoms with Crippen LogP contribution in [0.15, 0.2) is 0 Å². The first-order chi connectivity index (χ1) is 9.45.